The molecule has 1 aliphatic heterocycles. The van der Waals surface area contributed by atoms with Gasteiger partial charge in [0.25, 0.3) is 5.91 Å². The van der Waals surface area contributed by atoms with Gasteiger partial charge in [-0.3, -0.25) is 4.79 Å². The van der Waals surface area contributed by atoms with Crippen LogP contribution in [0, 0.1) is 5.82 Å². The summed E-state index contributed by atoms with van der Waals surface area (Å²) >= 11 is 0. The number of nitrogens with zero attached hydrogens (tertiary/aromatic N) is 1. The van der Waals surface area contributed by atoms with Crippen LogP contribution in [0.4, 0.5) is 10.1 Å². The Labute approximate surface area is 106 Å². The molecular weight excluding hydrogens is 235 g/mol. The Morgan fingerprint density at radius 2 is 2.00 bits per heavy atom. The van der Waals surface area contributed by atoms with Gasteiger partial charge in [-0.15, -0.1) is 0 Å². The molecule has 0 aromatic heterocycles. The fraction of sp³-hybridized carbons (Fsp3) is 0.462. The first-order chi connectivity index (χ1) is 8.47. The van der Waals surface area contributed by atoms with Crippen molar-refractivity contribution in [2.45, 2.75) is 26.1 Å². The number of carbonyl (C=O) groups is 1. The summed E-state index contributed by atoms with van der Waals surface area (Å²) in [5.41, 5.74) is 6.24. The number of amides is 1. The van der Waals surface area contributed by atoms with Crippen LogP contribution in [0.1, 0.15) is 24.2 Å². The fourth-order valence-electron chi connectivity index (χ4n) is 2.23. The Morgan fingerprint density at radius 1 is 1.39 bits per heavy atom. The maximum Gasteiger partial charge on any atom is 0.256 e. The van der Waals surface area contributed by atoms with E-state index in [9.17, 15) is 9.18 Å². The molecule has 1 saturated heterocycles. The topological polar surface area (TPSA) is 55.6 Å². The first-order valence-corrected chi connectivity index (χ1v) is 5.97. The van der Waals surface area contributed by atoms with E-state index in [1.54, 1.807) is 4.90 Å². The van der Waals surface area contributed by atoms with Crippen molar-refractivity contribution < 1.29 is 13.9 Å². The van der Waals surface area contributed by atoms with E-state index in [1.165, 1.54) is 18.2 Å². The number of ether oxygens (including phenoxy) is 1. The summed E-state index contributed by atoms with van der Waals surface area (Å²) in [5.74, 6) is -0.698. The Bertz CT molecular complexity index is 454. The van der Waals surface area contributed by atoms with Gasteiger partial charge in [0.15, 0.2) is 0 Å². The van der Waals surface area contributed by atoms with Gasteiger partial charge in [0.05, 0.1) is 17.8 Å². The van der Waals surface area contributed by atoms with Crippen molar-refractivity contribution in [1.29, 1.82) is 0 Å². The van der Waals surface area contributed by atoms with Crippen LogP contribution in [0.15, 0.2) is 18.2 Å². The largest absolute Gasteiger partial charge is 0.398 e. The summed E-state index contributed by atoms with van der Waals surface area (Å²) in [4.78, 5) is 13.9. The van der Waals surface area contributed by atoms with E-state index in [0.717, 1.165) is 0 Å². The number of hydrogen-bond donors (Lipinski definition) is 1. The number of anilines is 1. The van der Waals surface area contributed by atoms with Crippen molar-refractivity contribution in [1.82, 2.24) is 4.90 Å². The molecule has 2 atom stereocenters. The molecule has 2 unspecified atom stereocenters. The average Bonchev–Trinajstić information content (AvgIpc) is 2.30. The molecule has 18 heavy (non-hydrogen) atoms. The van der Waals surface area contributed by atoms with Crippen molar-refractivity contribution in [2.75, 3.05) is 18.8 Å². The fourth-order valence-corrected chi connectivity index (χ4v) is 2.23. The molecular formula is C13H17FN2O2. The van der Waals surface area contributed by atoms with E-state index in [2.05, 4.69) is 0 Å². The van der Waals surface area contributed by atoms with Gasteiger partial charge in [0.1, 0.15) is 5.82 Å². The minimum atomic E-state index is -0.457. The number of morpholine rings is 1. The Morgan fingerprint density at radius 3 is 2.61 bits per heavy atom. The van der Waals surface area contributed by atoms with Crippen LogP contribution in [0.3, 0.4) is 0 Å². The molecule has 2 rings (SSSR count). The molecule has 0 bridgehead atoms. The third kappa shape index (κ3) is 2.61. The molecule has 1 aromatic rings. The molecule has 1 amide bonds. The smallest absolute Gasteiger partial charge is 0.256 e. The number of nitrogen functional groups attached to an aromatic ring is 1. The standard InChI is InChI=1S/C13H17FN2O2/c1-8-6-16(7-9(2)18-8)13(17)11-5-10(14)3-4-12(11)15/h3-5,8-9H,6-7,15H2,1-2H3. The summed E-state index contributed by atoms with van der Waals surface area (Å²) in [6.45, 7) is 4.81. The third-order valence-electron chi connectivity index (χ3n) is 2.95. The Balaban J connectivity index is 2.22. The summed E-state index contributed by atoms with van der Waals surface area (Å²) in [5, 5.41) is 0. The lowest BCUT2D eigenvalue weighted by molar-refractivity contribution is -0.0586. The minimum Gasteiger partial charge on any atom is -0.398 e. The highest BCUT2D eigenvalue weighted by molar-refractivity contribution is 5.99. The van der Waals surface area contributed by atoms with Crippen LogP contribution < -0.4 is 5.73 Å². The van der Waals surface area contributed by atoms with Gasteiger partial charge in [0, 0.05) is 18.8 Å². The normalized spacial score (nSPS) is 24.1. The van der Waals surface area contributed by atoms with Gasteiger partial charge in [-0.05, 0) is 32.0 Å². The van der Waals surface area contributed by atoms with Gasteiger partial charge >= 0.3 is 0 Å². The van der Waals surface area contributed by atoms with Crippen molar-refractivity contribution in [3.8, 4) is 0 Å². The summed E-state index contributed by atoms with van der Waals surface area (Å²) in [6.07, 6.45) is -0.0417. The Kier molecular flexibility index (Phi) is 3.52. The lowest BCUT2D eigenvalue weighted by atomic mass is 10.1. The highest BCUT2D eigenvalue weighted by Gasteiger charge is 2.27. The summed E-state index contributed by atoms with van der Waals surface area (Å²) < 4.78 is 18.7. The van der Waals surface area contributed by atoms with Crippen LogP contribution in [-0.4, -0.2) is 36.1 Å². The quantitative estimate of drug-likeness (QED) is 0.773. The van der Waals surface area contributed by atoms with Crippen molar-refractivity contribution in [3.05, 3.63) is 29.6 Å². The molecule has 2 N–H and O–H groups in total. The van der Waals surface area contributed by atoms with Gasteiger partial charge in [-0.25, -0.2) is 4.39 Å². The average molecular weight is 252 g/mol. The maximum atomic E-state index is 13.2. The minimum absolute atomic E-state index is 0.0208. The van der Waals surface area contributed by atoms with Gasteiger partial charge in [-0.1, -0.05) is 0 Å². The molecule has 4 nitrogen and oxygen atoms in total. The molecule has 98 valence electrons. The molecule has 1 aliphatic rings. The van der Waals surface area contributed by atoms with E-state index < -0.39 is 5.82 Å². The summed E-state index contributed by atoms with van der Waals surface area (Å²) in [7, 11) is 0. The van der Waals surface area contributed by atoms with Crippen LogP contribution in [0.5, 0.6) is 0 Å². The third-order valence-corrected chi connectivity index (χ3v) is 2.95. The van der Waals surface area contributed by atoms with Crippen LogP contribution in [0.2, 0.25) is 0 Å². The van der Waals surface area contributed by atoms with Crippen molar-refractivity contribution >= 4 is 11.6 Å². The lowest BCUT2D eigenvalue weighted by Gasteiger charge is -2.35. The number of carbonyl (C=O) groups excluding carboxylic acids is 1. The predicted molar refractivity (Wildman–Crippen MR) is 66.7 cm³/mol. The maximum absolute atomic E-state index is 13.2. The van der Waals surface area contributed by atoms with E-state index in [-0.39, 0.29) is 23.7 Å². The monoisotopic (exact) mass is 252 g/mol. The molecule has 1 fully saturated rings. The zero-order chi connectivity index (χ0) is 13.3. The second-order valence-corrected chi connectivity index (χ2v) is 4.70. The molecule has 0 saturated carbocycles. The molecule has 1 aromatic carbocycles. The van der Waals surface area contributed by atoms with Crippen LogP contribution in [0.25, 0.3) is 0 Å². The van der Waals surface area contributed by atoms with Crippen LogP contribution >= 0.6 is 0 Å². The number of hydrogen-bond acceptors (Lipinski definition) is 3. The van der Waals surface area contributed by atoms with E-state index in [1.807, 2.05) is 13.8 Å². The first kappa shape index (κ1) is 12.8. The van der Waals surface area contributed by atoms with E-state index >= 15 is 0 Å². The zero-order valence-corrected chi connectivity index (χ0v) is 10.5. The van der Waals surface area contributed by atoms with Gasteiger partial charge < -0.3 is 15.4 Å². The van der Waals surface area contributed by atoms with Crippen molar-refractivity contribution in [3.63, 3.8) is 0 Å². The predicted octanol–water partition coefficient (Wildman–Crippen LogP) is 1.66. The summed E-state index contributed by atoms with van der Waals surface area (Å²) in [6, 6.07) is 3.84. The highest BCUT2D eigenvalue weighted by atomic mass is 19.1. The zero-order valence-electron chi connectivity index (χ0n) is 10.5. The van der Waals surface area contributed by atoms with Gasteiger partial charge in [-0.2, -0.15) is 0 Å². The van der Waals surface area contributed by atoms with E-state index in [4.69, 9.17) is 10.5 Å². The molecule has 1 heterocycles. The van der Waals surface area contributed by atoms with Crippen molar-refractivity contribution in [2.24, 2.45) is 0 Å². The first-order valence-electron chi connectivity index (χ1n) is 5.97. The van der Waals surface area contributed by atoms with Crippen LogP contribution in [-0.2, 0) is 4.74 Å². The molecule has 0 spiro atoms. The second kappa shape index (κ2) is 4.94. The number of halogens is 1. The second-order valence-electron chi connectivity index (χ2n) is 4.70. The molecule has 5 heteroatoms. The Hall–Kier alpha value is -1.62. The molecule has 0 radical (unpaired) electrons. The van der Waals surface area contributed by atoms with Gasteiger partial charge in [0.2, 0.25) is 0 Å². The highest BCUT2D eigenvalue weighted by Crippen LogP contribution is 2.19. The number of rotatable bonds is 1. The number of benzene rings is 1. The SMILES string of the molecule is CC1CN(C(=O)c2cc(F)ccc2N)CC(C)O1. The lowest BCUT2D eigenvalue weighted by Crippen LogP contribution is -2.48. The number of nitrogens with two attached hydrogens (primary N) is 1. The molecule has 0 aliphatic carbocycles. The van der Waals surface area contributed by atoms with E-state index in [0.29, 0.717) is 18.8 Å².